The smallest absolute Gasteiger partial charge is 0.306 e. The Morgan fingerprint density at radius 1 is 1.09 bits per heavy atom. The van der Waals surface area contributed by atoms with Gasteiger partial charge in [-0.15, -0.1) is 0 Å². The minimum Gasteiger partial charge on any atom is -0.462 e. The summed E-state index contributed by atoms with van der Waals surface area (Å²) in [5.74, 6) is 1.33. The summed E-state index contributed by atoms with van der Waals surface area (Å²) in [7, 11) is 0. The van der Waals surface area contributed by atoms with E-state index in [1.807, 2.05) is 18.5 Å². The number of esters is 1. The predicted octanol–water partition coefficient (Wildman–Crippen LogP) is 5.22. The van der Waals surface area contributed by atoms with Gasteiger partial charge in [-0.2, -0.15) is 0 Å². The Labute approximate surface area is 196 Å². The van der Waals surface area contributed by atoms with Crippen LogP contribution in [-0.4, -0.2) is 23.0 Å². The summed E-state index contributed by atoms with van der Waals surface area (Å²) in [6, 6.07) is 4.26. The summed E-state index contributed by atoms with van der Waals surface area (Å²) in [6.07, 6.45) is 16.5. The molecule has 0 unspecified atom stereocenters. The molecule has 1 amide bonds. The van der Waals surface area contributed by atoms with Crippen LogP contribution in [0.15, 0.2) is 42.3 Å². The van der Waals surface area contributed by atoms with E-state index in [-0.39, 0.29) is 35.7 Å². The van der Waals surface area contributed by atoms with Gasteiger partial charge in [-0.1, -0.05) is 37.6 Å². The van der Waals surface area contributed by atoms with Crippen LogP contribution in [0.2, 0.25) is 0 Å². The Morgan fingerprint density at radius 3 is 2.67 bits per heavy atom. The van der Waals surface area contributed by atoms with E-state index in [0.29, 0.717) is 17.8 Å². The highest BCUT2D eigenvalue weighted by Gasteiger charge is 2.57. The van der Waals surface area contributed by atoms with Crippen molar-refractivity contribution in [1.82, 2.24) is 4.98 Å². The van der Waals surface area contributed by atoms with E-state index in [1.165, 1.54) is 36.0 Å². The molecule has 2 saturated carbocycles. The van der Waals surface area contributed by atoms with Crippen molar-refractivity contribution in [1.29, 1.82) is 0 Å². The van der Waals surface area contributed by atoms with Crippen molar-refractivity contribution in [3.8, 4) is 0 Å². The fourth-order valence-electron chi connectivity index (χ4n) is 7.74. The second kappa shape index (κ2) is 8.41. The Morgan fingerprint density at radius 2 is 1.91 bits per heavy atom. The lowest BCUT2D eigenvalue weighted by atomic mass is 9.47. The maximum absolute atomic E-state index is 12.1. The molecule has 5 heteroatoms. The van der Waals surface area contributed by atoms with Gasteiger partial charge in [0.15, 0.2) is 0 Å². The van der Waals surface area contributed by atoms with Gasteiger partial charge in [0.05, 0.1) is 6.42 Å². The van der Waals surface area contributed by atoms with Crippen molar-refractivity contribution in [3.05, 3.63) is 47.8 Å². The molecule has 2 N–H and O–H groups in total. The number of fused-ring (bicyclic) bond motifs is 5. The maximum atomic E-state index is 12.1. The average Bonchev–Trinajstić information content (AvgIpc) is 3.16. The highest BCUT2D eigenvalue weighted by molar-refractivity contribution is 5.80. The highest BCUT2D eigenvalue weighted by Crippen LogP contribution is 2.66. The van der Waals surface area contributed by atoms with E-state index in [9.17, 15) is 9.59 Å². The summed E-state index contributed by atoms with van der Waals surface area (Å²) in [6.45, 7) is 4.96. The van der Waals surface area contributed by atoms with Crippen molar-refractivity contribution in [2.24, 2.45) is 34.3 Å². The zero-order valence-electron chi connectivity index (χ0n) is 19.9. The molecule has 2 fully saturated rings. The quantitative estimate of drug-likeness (QED) is 0.495. The molecule has 0 saturated heterocycles. The maximum Gasteiger partial charge on any atom is 0.306 e. The lowest BCUT2D eigenvalue weighted by molar-refractivity contribution is -0.152. The zero-order valence-corrected chi connectivity index (χ0v) is 19.9. The number of hydrogen-bond acceptors (Lipinski definition) is 4. The summed E-state index contributed by atoms with van der Waals surface area (Å²) < 4.78 is 5.72. The zero-order chi connectivity index (χ0) is 23.2. The monoisotopic (exact) mass is 448 g/mol. The van der Waals surface area contributed by atoms with E-state index in [0.717, 1.165) is 25.7 Å². The van der Waals surface area contributed by atoms with Gasteiger partial charge in [-0.05, 0) is 84.3 Å². The third-order valence-electron chi connectivity index (χ3n) is 9.49. The van der Waals surface area contributed by atoms with Crippen LogP contribution in [-0.2, 0) is 14.3 Å². The first-order valence-corrected chi connectivity index (χ1v) is 12.6. The van der Waals surface area contributed by atoms with Crippen LogP contribution in [0.4, 0.5) is 0 Å². The minimum atomic E-state index is -0.457. The third-order valence-corrected chi connectivity index (χ3v) is 9.49. The molecular weight excluding hydrogens is 412 g/mol. The standard InChI is InChI=1S/C28H36N2O3/c1-27-13-11-20(33-26(32)10-9-25(29)31)16-19(27)5-6-21-23-8-7-22(18-4-3-15-30-17-18)28(23,2)14-12-24(21)27/h3-5,7,15,17,20-21,23-24H,6,8-14,16H2,1-2H3,(H2,29,31)/t20-,21-,23-,24-,27-,28+/m0/s1. The average molecular weight is 449 g/mol. The molecule has 1 heterocycles. The molecule has 0 aromatic carbocycles. The van der Waals surface area contributed by atoms with Gasteiger partial charge in [-0.25, -0.2) is 0 Å². The molecule has 5 rings (SSSR count). The molecular formula is C28H36N2O3. The van der Waals surface area contributed by atoms with Crippen molar-refractivity contribution < 1.29 is 14.3 Å². The number of ether oxygens (including phenoxy) is 1. The number of hydrogen-bond donors (Lipinski definition) is 1. The van der Waals surface area contributed by atoms with Crippen molar-refractivity contribution >= 4 is 17.4 Å². The number of nitrogens with zero attached hydrogens (tertiary/aromatic N) is 1. The van der Waals surface area contributed by atoms with E-state index in [2.05, 4.69) is 37.0 Å². The van der Waals surface area contributed by atoms with Crippen LogP contribution < -0.4 is 5.73 Å². The number of allylic oxidation sites excluding steroid dienone is 3. The summed E-state index contributed by atoms with van der Waals surface area (Å²) in [5.41, 5.74) is 9.89. The van der Waals surface area contributed by atoms with Crippen LogP contribution in [0.25, 0.3) is 5.57 Å². The number of nitrogens with two attached hydrogens (primary N) is 1. The van der Waals surface area contributed by atoms with E-state index < -0.39 is 5.91 Å². The molecule has 0 radical (unpaired) electrons. The number of amides is 1. The number of primary amides is 1. The molecule has 176 valence electrons. The first kappa shape index (κ1) is 22.4. The fraction of sp³-hybridized carbons (Fsp3) is 0.607. The van der Waals surface area contributed by atoms with Gasteiger partial charge in [-0.3, -0.25) is 14.6 Å². The minimum absolute atomic E-state index is 0.0605. The largest absolute Gasteiger partial charge is 0.462 e. The van der Waals surface area contributed by atoms with Gasteiger partial charge in [0.25, 0.3) is 0 Å². The number of rotatable bonds is 5. The molecule has 4 aliphatic rings. The fourth-order valence-corrected chi connectivity index (χ4v) is 7.74. The topological polar surface area (TPSA) is 82.3 Å². The first-order valence-electron chi connectivity index (χ1n) is 12.6. The van der Waals surface area contributed by atoms with E-state index >= 15 is 0 Å². The molecule has 5 nitrogen and oxygen atoms in total. The number of carbonyl (C=O) groups is 2. The molecule has 4 aliphatic carbocycles. The molecule has 1 aromatic heterocycles. The number of carbonyl (C=O) groups excluding carboxylic acids is 2. The molecule has 0 bridgehead atoms. The van der Waals surface area contributed by atoms with Gasteiger partial charge < -0.3 is 10.5 Å². The normalized spacial score (nSPS) is 37.2. The van der Waals surface area contributed by atoms with Gasteiger partial charge in [0.1, 0.15) is 6.10 Å². The second-order valence-corrected chi connectivity index (χ2v) is 11.1. The predicted molar refractivity (Wildman–Crippen MR) is 128 cm³/mol. The number of pyridine rings is 1. The summed E-state index contributed by atoms with van der Waals surface area (Å²) in [4.78, 5) is 27.5. The van der Waals surface area contributed by atoms with Crippen LogP contribution in [0, 0.1) is 28.6 Å². The van der Waals surface area contributed by atoms with Gasteiger partial charge >= 0.3 is 5.97 Å². The molecule has 0 aliphatic heterocycles. The Kier molecular flexibility index (Phi) is 5.70. The Bertz CT molecular complexity index is 1000. The SMILES string of the molecule is C[C@]12CC[C@H](OC(=O)CCC(N)=O)CC1=CC[C@@H]1[C@@H]2CC[C@]2(C)C(c3cccnc3)=CC[C@@H]12. The highest BCUT2D eigenvalue weighted by atomic mass is 16.5. The van der Waals surface area contributed by atoms with Crippen molar-refractivity contribution in [2.75, 3.05) is 0 Å². The Balaban J connectivity index is 1.30. The second-order valence-electron chi connectivity index (χ2n) is 11.1. The molecule has 33 heavy (non-hydrogen) atoms. The van der Waals surface area contributed by atoms with Crippen LogP contribution in [0.5, 0.6) is 0 Å². The molecule has 0 spiro atoms. The van der Waals surface area contributed by atoms with Crippen LogP contribution >= 0.6 is 0 Å². The van der Waals surface area contributed by atoms with Crippen LogP contribution in [0.1, 0.15) is 77.2 Å². The Hall–Kier alpha value is -2.43. The number of aromatic nitrogens is 1. The summed E-state index contributed by atoms with van der Waals surface area (Å²) in [5, 5.41) is 0. The third kappa shape index (κ3) is 3.83. The van der Waals surface area contributed by atoms with Gasteiger partial charge in [0.2, 0.25) is 5.91 Å². The first-order chi connectivity index (χ1) is 15.8. The van der Waals surface area contributed by atoms with Crippen molar-refractivity contribution in [3.63, 3.8) is 0 Å². The van der Waals surface area contributed by atoms with Crippen LogP contribution in [0.3, 0.4) is 0 Å². The molecule has 6 atom stereocenters. The summed E-state index contributed by atoms with van der Waals surface area (Å²) >= 11 is 0. The molecule has 1 aromatic rings. The lowest BCUT2D eigenvalue weighted by Gasteiger charge is -2.57. The lowest BCUT2D eigenvalue weighted by Crippen LogP contribution is -2.50. The van der Waals surface area contributed by atoms with E-state index in [1.54, 1.807) is 0 Å². The van der Waals surface area contributed by atoms with Crippen molar-refractivity contribution in [2.45, 2.75) is 77.7 Å². The van der Waals surface area contributed by atoms with E-state index in [4.69, 9.17) is 10.5 Å². The van der Waals surface area contributed by atoms with Gasteiger partial charge in [0, 0.05) is 25.2 Å².